The van der Waals surface area contributed by atoms with E-state index in [2.05, 4.69) is 10.2 Å². The molecule has 0 aliphatic carbocycles. The largest absolute Gasteiger partial charge is 0.507 e. The molecular formula is C23H17Cl2N3O4S. The normalized spacial score (nSPS) is 21.4. The number of aryl methyl sites for hydroxylation is 1. The van der Waals surface area contributed by atoms with Crippen LogP contribution in [0.4, 0.5) is 5.13 Å². The van der Waals surface area contributed by atoms with Gasteiger partial charge in [0.15, 0.2) is 0 Å². The van der Waals surface area contributed by atoms with Gasteiger partial charge in [-0.1, -0.05) is 40.6 Å². The standard InChI is InChI=1S/C23H17Cl2N3O4S/c1-10-7-14-8-13(4-6-17(14)32-10)20(29)18-19(12-3-5-15(24)16(25)9-12)28(22(31)21(18)30)23-27-26-11(2)33-23/h3-6,8-10,19,29H,7H2,1-2H3. The fourth-order valence-electron chi connectivity index (χ4n) is 4.14. The number of anilines is 1. The highest BCUT2D eigenvalue weighted by Gasteiger charge is 2.48. The number of fused-ring (bicyclic) bond motifs is 1. The van der Waals surface area contributed by atoms with Gasteiger partial charge >= 0.3 is 5.91 Å². The van der Waals surface area contributed by atoms with E-state index in [-0.39, 0.29) is 27.6 Å². The molecule has 2 unspecified atom stereocenters. The van der Waals surface area contributed by atoms with Gasteiger partial charge in [-0.05, 0) is 55.3 Å². The number of Topliss-reactive ketones (excluding diaryl/α,β-unsaturated/α-hetero) is 1. The van der Waals surface area contributed by atoms with Crippen LogP contribution < -0.4 is 9.64 Å². The predicted molar refractivity (Wildman–Crippen MR) is 126 cm³/mol. The van der Waals surface area contributed by atoms with Gasteiger partial charge in [0.2, 0.25) is 5.13 Å². The highest BCUT2D eigenvalue weighted by atomic mass is 35.5. The third kappa shape index (κ3) is 3.68. The van der Waals surface area contributed by atoms with E-state index in [0.29, 0.717) is 27.6 Å². The van der Waals surface area contributed by atoms with E-state index in [1.54, 1.807) is 43.3 Å². The number of halogens is 2. The molecule has 1 amide bonds. The Morgan fingerprint density at radius 1 is 1.15 bits per heavy atom. The minimum Gasteiger partial charge on any atom is -0.507 e. The number of ketones is 1. The Morgan fingerprint density at radius 3 is 2.64 bits per heavy atom. The molecule has 10 heteroatoms. The molecule has 168 valence electrons. The number of amides is 1. The van der Waals surface area contributed by atoms with Crippen LogP contribution in [0.15, 0.2) is 42.0 Å². The zero-order valence-corrected chi connectivity index (χ0v) is 19.8. The lowest BCUT2D eigenvalue weighted by atomic mass is 9.94. The summed E-state index contributed by atoms with van der Waals surface area (Å²) in [5.74, 6) is -1.16. The van der Waals surface area contributed by atoms with Crippen LogP contribution in [0.25, 0.3) is 5.76 Å². The minimum absolute atomic E-state index is 0.0276. The zero-order valence-electron chi connectivity index (χ0n) is 17.5. The molecule has 2 atom stereocenters. The van der Waals surface area contributed by atoms with E-state index < -0.39 is 17.7 Å². The number of carbonyl (C=O) groups excluding carboxylic acids is 2. The Morgan fingerprint density at radius 2 is 1.94 bits per heavy atom. The van der Waals surface area contributed by atoms with Gasteiger partial charge in [-0.3, -0.25) is 14.5 Å². The first-order valence-corrected chi connectivity index (χ1v) is 11.7. The van der Waals surface area contributed by atoms with E-state index in [0.717, 1.165) is 11.3 Å². The number of aromatic nitrogens is 2. The molecule has 3 aromatic rings. The summed E-state index contributed by atoms with van der Waals surface area (Å²) in [7, 11) is 0. The molecule has 1 N–H and O–H groups in total. The summed E-state index contributed by atoms with van der Waals surface area (Å²) < 4.78 is 5.73. The van der Waals surface area contributed by atoms with Crippen molar-refractivity contribution in [1.82, 2.24) is 10.2 Å². The smallest absolute Gasteiger partial charge is 0.301 e. The first-order valence-electron chi connectivity index (χ1n) is 10.1. The van der Waals surface area contributed by atoms with Crippen molar-refractivity contribution in [2.75, 3.05) is 4.90 Å². The van der Waals surface area contributed by atoms with Crippen molar-refractivity contribution in [3.63, 3.8) is 0 Å². The third-order valence-electron chi connectivity index (χ3n) is 5.59. The molecule has 1 aromatic heterocycles. The van der Waals surface area contributed by atoms with Crippen LogP contribution in [0.5, 0.6) is 5.75 Å². The molecule has 0 bridgehead atoms. The monoisotopic (exact) mass is 501 g/mol. The Labute approximate surface area is 203 Å². The van der Waals surface area contributed by atoms with Crippen LogP contribution >= 0.6 is 34.5 Å². The summed E-state index contributed by atoms with van der Waals surface area (Å²) in [5.41, 5.74) is 1.80. The van der Waals surface area contributed by atoms with Crippen molar-refractivity contribution >= 4 is 57.1 Å². The number of aliphatic hydroxyl groups excluding tert-OH is 1. The van der Waals surface area contributed by atoms with Crippen molar-refractivity contribution in [2.45, 2.75) is 32.4 Å². The fraction of sp³-hybridized carbons (Fsp3) is 0.217. The first-order chi connectivity index (χ1) is 15.7. The lowest BCUT2D eigenvalue weighted by molar-refractivity contribution is -0.132. The lowest BCUT2D eigenvalue weighted by Crippen LogP contribution is -2.29. The quantitative estimate of drug-likeness (QED) is 0.304. The molecule has 2 aliphatic rings. The van der Waals surface area contributed by atoms with Crippen LogP contribution in [0.2, 0.25) is 10.0 Å². The van der Waals surface area contributed by atoms with E-state index in [1.807, 2.05) is 6.92 Å². The maximum Gasteiger partial charge on any atom is 0.301 e. The van der Waals surface area contributed by atoms with Crippen LogP contribution in [-0.2, 0) is 16.0 Å². The second-order valence-corrected chi connectivity index (χ2v) is 9.88. The minimum atomic E-state index is -0.949. The van der Waals surface area contributed by atoms with Crippen molar-refractivity contribution < 1.29 is 19.4 Å². The van der Waals surface area contributed by atoms with E-state index in [9.17, 15) is 14.7 Å². The van der Waals surface area contributed by atoms with Crippen molar-refractivity contribution in [3.05, 3.63) is 73.7 Å². The highest BCUT2D eigenvalue weighted by molar-refractivity contribution is 7.15. The molecule has 1 fully saturated rings. The van der Waals surface area contributed by atoms with Crippen LogP contribution in [0.3, 0.4) is 0 Å². The molecule has 2 aliphatic heterocycles. The summed E-state index contributed by atoms with van der Waals surface area (Å²) in [4.78, 5) is 27.6. The van der Waals surface area contributed by atoms with E-state index >= 15 is 0 Å². The Kier molecular flexibility index (Phi) is 5.39. The van der Waals surface area contributed by atoms with Crippen LogP contribution in [0, 0.1) is 6.92 Å². The molecule has 7 nitrogen and oxygen atoms in total. The van der Waals surface area contributed by atoms with Crippen LogP contribution in [-0.4, -0.2) is 33.1 Å². The topological polar surface area (TPSA) is 92.6 Å². The zero-order chi connectivity index (χ0) is 23.4. The van der Waals surface area contributed by atoms with Gasteiger partial charge < -0.3 is 9.84 Å². The van der Waals surface area contributed by atoms with Gasteiger partial charge in [-0.2, -0.15) is 0 Å². The van der Waals surface area contributed by atoms with Crippen molar-refractivity contribution in [3.8, 4) is 5.75 Å². The predicted octanol–water partition coefficient (Wildman–Crippen LogP) is 5.10. The lowest BCUT2D eigenvalue weighted by Gasteiger charge is -2.23. The van der Waals surface area contributed by atoms with Gasteiger partial charge in [-0.25, -0.2) is 0 Å². The fourth-order valence-corrected chi connectivity index (χ4v) is 5.16. The number of rotatable bonds is 3. The summed E-state index contributed by atoms with van der Waals surface area (Å²) in [6.07, 6.45) is 0.713. The molecule has 33 heavy (non-hydrogen) atoms. The SMILES string of the molecule is Cc1nnc(N2C(=O)C(=O)C(=C(O)c3ccc4c(c3)CC(C)O4)C2c2ccc(Cl)c(Cl)c2)s1. The Bertz CT molecular complexity index is 1350. The number of aliphatic hydroxyl groups is 1. The highest BCUT2D eigenvalue weighted by Crippen LogP contribution is 2.44. The first kappa shape index (κ1) is 21.9. The number of hydrogen-bond donors (Lipinski definition) is 1. The number of hydrogen-bond acceptors (Lipinski definition) is 7. The number of carbonyl (C=O) groups is 2. The molecule has 2 aromatic carbocycles. The van der Waals surface area contributed by atoms with Gasteiger partial charge in [0, 0.05) is 12.0 Å². The van der Waals surface area contributed by atoms with E-state index in [1.165, 1.54) is 16.2 Å². The molecule has 5 rings (SSSR count). The summed E-state index contributed by atoms with van der Waals surface area (Å²) >= 11 is 13.5. The average molecular weight is 502 g/mol. The number of ether oxygens (including phenoxy) is 1. The average Bonchev–Trinajstić information content (AvgIpc) is 3.44. The molecule has 0 radical (unpaired) electrons. The summed E-state index contributed by atoms with van der Waals surface area (Å²) in [6.45, 7) is 3.71. The molecular weight excluding hydrogens is 485 g/mol. The maximum atomic E-state index is 13.2. The second kappa shape index (κ2) is 8.13. The maximum absolute atomic E-state index is 13.2. The summed E-state index contributed by atoms with van der Waals surface area (Å²) in [6, 6.07) is 9.08. The third-order valence-corrected chi connectivity index (χ3v) is 7.17. The molecule has 1 saturated heterocycles. The number of nitrogens with zero attached hydrogens (tertiary/aromatic N) is 3. The molecule has 0 spiro atoms. The number of benzene rings is 2. The van der Waals surface area contributed by atoms with Gasteiger partial charge in [-0.15, -0.1) is 10.2 Å². The molecule has 0 saturated carbocycles. The summed E-state index contributed by atoms with van der Waals surface area (Å²) in [5, 5.41) is 20.8. The van der Waals surface area contributed by atoms with Gasteiger partial charge in [0.1, 0.15) is 22.6 Å². The van der Waals surface area contributed by atoms with Crippen molar-refractivity contribution in [2.24, 2.45) is 0 Å². The van der Waals surface area contributed by atoms with E-state index in [4.69, 9.17) is 27.9 Å². The molecule has 3 heterocycles. The Hall–Kier alpha value is -2.94. The van der Waals surface area contributed by atoms with Crippen LogP contribution in [0.1, 0.15) is 34.7 Å². The van der Waals surface area contributed by atoms with Crippen molar-refractivity contribution in [1.29, 1.82) is 0 Å². The van der Waals surface area contributed by atoms with Gasteiger partial charge in [0.25, 0.3) is 5.78 Å². The second-order valence-electron chi connectivity index (χ2n) is 7.90. The Balaban J connectivity index is 1.70. The van der Waals surface area contributed by atoms with Gasteiger partial charge in [0.05, 0.1) is 21.7 Å².